The van der Waals surface area contributed by atoms with Crippen molar-refractivity contribution in [1.29, 1.82) is 0 Å². The Morgan fingerprint density at radius 3 is 1.62 bits per heavy atom. The minimum atomic E-state index is 0.375. The van der Waals surface area contributed by atoms with Crippen LogP contribution in [0, 0.1) is 12.3 Å². The predicted molar refractivity (Wildman–Crippen MR) is 96.6 cm³/mol. The minimum Gasteiger partial charge on any atom is -0.290 e. The molecular formula is C20H39N. The predicted octanol–water partition coefficient (Wildman–Crippen LogP) is 6.03. The summed E-state index contributed by atoms with van der Waals surface area (Å²) in [4.78, 5) is 2.60. The molecule has 0 rings (SSSR count). The van der Waals surface area contributed by atoms with Crippen LogP contribution < -0.4 is 0 Å². The van der Waals surface area contributed by atoms with E-state index >= 15 is 0 Å². The Bertz CT molecular complexity index is 229. The Morgan fingerprint density at radius 2 is 1.19 bits per heavy atom. The van der Waals surface area contributed by atoms with E-state index in [1.54, 1.807) is 0 Å². The first kappa shape index (κ1) is 20.5. The summed E-state index contributed by atoms with van der Waals surface area (Å²) in [6.07, 6.45) is 21.6. The van der Waals surface area contributed by atoms with Crippen LogP contribution in [0.25, 0.3) is 0 Å². The Morgan fingerprint density at radius 1 is 0.714 bits per heavy atom. The minimum absolute atomic E-state index is 0.375. The first-order chi connectivity index (χ1) is 10.3. The lowest BCUT2D eigenvalue weighted by molar-refractivity contribution is 0.213. The van der Waals surface area contributed by atoms with Crippen molar-refractivity contribution in [3.05, 3.63) is 0 Å². The molecule has 0 bridgehead atoms. The molecule has 0 amide bonds. The fraction of sp³-hybridized carbons (Fsp3) is 0.900. The molecule has 124 valence electrons. The fourth-order valence-corrected chi connectivity index (χ4v) is 2.87. The lowest BCUT2D eigenvalue weighted by atomic mass is 10.1. The second-order valence-corrected chi connectivity index (χ2v) is 6.34. The van der Waals surface area contributed by atoms with E-state index in [2.05, 4.69) is 31.6 Å². The largest absolute Gasteiger partial charge is 0.290 e. The van der Waals surface area contributed by atoms with E-state index in [0.29, 0.717) is 6.04 Å². The monoisotopic (exact) mass is 293 g/mol. The van der Waals surface area contributed by atoms with Crippen molar-refractivity contribution < 1.29 is 0 Å². The average Bonchev–Trinajstić information content (AvgIpc) is 2.50. The van der Waals surface area contributed by atoms with Crippen LogP contribution in [0.4, 0.5) is 0 Å². The molecule has 1 atom stereocenters. The van der Waals surface area contributed by atoms with E-state index in [0.717, 1.165) is 0 Å². The molecule has 0 fully saturated rings. The van der Waals surface area contributed by atoms with Gasteiger partial charge in [0.15, 0.2) is 0 Å². The molecule has 0 heterocycles. The third-order valence-corrected chi connectivity index (χ3v) is 4.31. The van der Waals surface area contributed by atoms with Crippen molar-refractivity contribution in [1.82, 2.24) is 4.90 Å². The molecule has 0 aromatic rings. The lowest BCUT2D eigenvalue weighted by Gasteiger charge is -2.28. The lowest BCUT2D eigenvalue weighted by Crippen LogP contribution is -2.36. The van der Waals surface area contributed by atoms with Gasteiger partial charge in [-0.15, -0.1) is 6.42 Å². The van der Waals surface area contributed by atoms with Crippen LogP contribution in [0.2, 0.25) is 0 Å². The Balaban J connectivity index is 4.19. The number of rotatable bonds is 15. The molecule has 0 aliphatic heterocycles. The molecule has 0 aromatic carbocycles. The smallest absolute Gasteiger partial charge is 0.0711 e. The molecule has 0 aliphatic carbocycles. The van der Waals surface area contributed by atoms with Crippen LogP contribution in [-0.4, -0.2) is 24.0 Å². The van der Waals surface area contributed by atoms with E-state index in [1.165, 1.54) is 90.1 Å². The molecular weight excluding hydrogens is 254 g/mol. The van der Waals surface area contributed by atoms with Gasteiger partial charge in [-0.05, 0) is 32.4 Å². The Labute approximate surface area is 134 Å². The van der Waals surface area contributed by atoms with Gasteiger partial charge in [-0.2, -0.15) is 0 Å². The molecule has 1 unspecified atom stereocenters. The fourth-order valence-electron chi connectivity index (χ4n) is 2.87. The summed E-state index contributed by atoms with van der Waals surface area (Å²) in [5, 5.41) is 0. The van der Waals surface area contributed by atoms with Gasteiger partial charge >= 0.3 is 0 Å². The topological polar surface area (TPSA) is 3.24 Å². The van der Waals surface area contributed by atoms with Gasteiger partial charge in [0.25, 0.3) is 0 Å². The highest BCUT2D eigenvalue weighted by Crippen LogP contribution is 2.13. The Kier molecular flexibility index (Phi) is 15.5. The molecule has 1 nitrogen and oxygen atoms in total. The maximum atomic E-state index is 5.83. The summed E-state index contributed by atoms with van der Waals surface area (Å²) in [6.45, 7) is 9.22. The van der Waals surface area contributed by atoms with Crippen LogP contribution >= 0.6 is 0 Å². The third-order valence-electron chi connectivity index (χ3n) is 4.31. The maximum absolute atomic E-state index is 5.83. The first-order valence-electron chi connectivity index (χ1n) is 9.50. The van der Waals surface area contributed by atoms with E-state index in [9.17, 15) is 0 Å². The summed E-state index contributed by atoms with van der Waals surface area (Å²) in [6, 6.07) is 0.375. The van der Waals surface area contributed by atoms with Gasteiger partial charge in [-0.1, -0.05) is 84.5 Å². The van der Waals surface area contributed by atoms with E-state index < -0.39 is 0 Å². The molecule has 0 saturated heterocycles. The quantitative estimate of drug-likeness (QED) is 0.263. The molecule has 0 spiro atoms. The van der Waals surface area contributed by atoms with Gasteiger partial charge in [0.1, 0.15) is 0 Å². The summed E-state index contributed by atoms with van der Waals surface area (Å²) < 4.78 is 0. The van der Waals surface area contributed by atoms with Gasteiger partial charge in [0.2, 0.25) is 0 Å². The zero-order valence-electron chi connectivity index (χ0n) is 15.0. The van der Waals surface area contributed by atoms with E-state index in [4.69, 9.17) is 6.42 Å². The van der Waals surface area contributed by atoms with Gasteiger partial charge in [0.05, 0.1) is 6.04 Å². The van der Waals surface area contributed by atoms with Crippen molar-refractivity contribution in [2.24, 2.45) is 0 Å². The van der Waals surface area contributed by atoms with Crippen molar-refractivity contribution in [2.75, 3.05) is 13.1 Å². The molecule has 1 heteroatoms. The van der Waals surface area contributed by atoms with Gasteiger partial charge in [0, 0.05) is 0 Å². The summed E-state index contributed by atoms with van der Waals surface area (Å²) in [5.41, 5.74) is 0. The normalized spacial score (nSPS) is 12.5. The zero-order chi connectivity index (χ0) is 15.8. The molecule has 0 aliphatic rings. The SMILES string of the molecule is C#CC(CCCCC)N(CCCCCC)CCCCCC. The van der Waals surface area contributed by atoms with Crippen LogP contribution in [-0.2, 0) is 0 Å². The van der Waals surface area contributed by atoms with Crippen LogP contribution in [0.15, 0.2) is 0 Å². The molecule has 21 heavy (non-hydrogen) atoms. The summed E-state index contributed by atoms with van der Waals surface area (Å²) in [7, 11) is 0. The van der Waals surface area contributed by atoms with E-state index in [-0.39, 0.29) is 0 Å². The second-order valence-electron chi connectivity index (χ2n) is 6.34. The van der Waals surface area contributed by atoms with Crippen molar-refractivity contribution in [3.63, 3.8) is 0 Å². The number of unbranched alkanes of at least 4 members (excludes halogenated alkanes) is 8. The van der Waals surface area contributed by atoms with Crippen molar-refractivity contribution in [2.45, 2.75) is 104 Å². The van der Waals surface area contributed by atoms with Gasteiger partial charge in [-0.25, -0.2) is 0 Å². The number of hydrogen-bond acceptors (Lipinski definition) is 1. The summed E-state index contributed by atoms with van der Waals surface area (Å²) in [5.74, 6) is 3.07. The molecule has 0 aromatic heterocycles. The van der Waals surface area contributed by atoms with Crippen LogP contribution in [0.1, 0.15) is 97.8 Å². The summed E-state index contributed by atoms with van der Waals surface area (Å²) >= 11 is 0. The third kappa shape index (κ3) is 11.8. The Hall–Kier alpha value is -0.480. The van der Waals surface area contributed by atoms with Crippen LogP contribution in [0.3, 0.4) is 0 Å². The number of terminal acetylenes is 1. The maximum Gasteiger partial charge on any atom is 0.0711 e. The van der Waals surface area contributed by atoms with Crippen molar-refractivity contribution >= 4 is 0 Å². The van der Waals surface area contributed by atoms with E-state index in [1.807, 2.05) is 0 Å². The highest BCUT2D eigenvalue weighted by atomic mass is 15.1. The van der Waals surface area contributed by atoms with Gasteiger partial charge in [-0.3, -0.25) is 4.90 Å². The van der Waals surface area contributed by atoms with Crippen molar-refractivity contribution in [3.8, 4) is 12.3 Å². The second kappa shape index (κ2) is 15.9. The molecule has 0 radical (unpaired) electrons. The molecule has 0 saturated carbocycles. The highest BCUT2D eigenvalue weighted by Gasteiger charge is 2.15. The average molecular weight is 294 g/mol. The van der Waals surface area contributed by atoms with Crippen LogP contribution in [0.5, 0.6) is 0 Å². The number of hydrogen-bond donors (Lipinski definition) is 0. The number of nitrogens with zero attached hydrogens (tertiary/aromatic N) is 1. The standard InChI is InChI=1S/C20H39N/c1-5-9-12-15-18-21(19-16-13-10-6-2)20(8-4)17-14-11-7-3/h4,20H,5-7,9-19H2,1-3H3. The molecule has 0 N–H and O–H groups in total. The first-order valence-corrected chi connectivity index (χ1v) is 9.50. The highest BCUT2D eigenvalue weighted by molar-refractivity contribution is 4.99. The zero-order valence-corrected chi connectivity index (χ0v) is 15.0. The van der Waals surface area contributed by atoms with Gasteiger partial charge < -0.3 is 0 Å².